The van der Waals surface area contributed by atoms with Crippen molar-refractivity contribution in [3.63, 3.8) is 0 Å². The van der Waals surface area contributed by atoms with Gasteiger partial charge in [0, 0.05) is 64.3 Å². The average molecular weight is 1740 g/mol. The number of carbonyl (C=O) groups is 5. The molecule has 7 aromatic rings. The highest BCUT2D eigenvalue weighted by molar-refractivity contribution is 6.66. The molecule has 0 fully saturated rings. The lowest BCUT2D eigenvalue weighted by Crippen LogP contribution is -2.18. The zero-order chi connectivity index (χ0) is 80.2. The van der Waals surface area contributed by atoms with Gasteiger partial charge in [-0.3, -0.25) is 4.79 Å². The average Bonchev–Trinajstić information content (AvgIpc) is 1.65. The number of rotatable bonds is 7. The summed E-state index contributed by atoms with van der Waals surface area (Å²) in [5, 5.41) is 44.4. The van der Waals surface area contributed by atoms with E-state index in [0.717, 1.165) is 6.29 Å². The van der Waals surface area contributed by atoms with E-state index in [1.54, 1.807) is 26.0 Å². The molecule has 0 aliphatic carbocycles. The van der Waals surface area contributed by atoms with E-state index in [9.17, 15) is 29.1 Å². The Bertz CT molecular complexity index is 4140. The van der Waals surface area contributed by atoms with Crippen molar-refractivity contribution in [2.75, 3.05) is 13.2 Å². The van der Waals surface area contributed by atoms with Crippen LogP contribution in [-0.4, -0.2) is 80.9 Å². The highest BCUT2D eigenvalue weighted by Gasteiger charge is 2.35. The normalized spacial score (nSPS) is 11.1. The number of benzene rings is 5. The summed E-state index contributed by atoms with van der Waals surface area (Å²) in [6, 6.07) is 15.1. The van der Waals surface area contributed by atoms with Crippen LogP contribution in [0.3, 0.4) is 0 Å². The number of hydrogen-bond donors (Lipinski definition) is 3. The smallest absolute Gasteiger partial charge is 0.384 e. The molecule has 0 spiro atoms. The van der Waals surface area contributed by atoms with Gasteiger partial charge in [0.15, 0.2) is 23.0 Å². The van der Waals surface area contributed by atoms with Crippen LogP contribution in [0.15, 0.2) is 80.0 Å². The molecule has 560 valence electrons. The van der Waals surface area contributed by atoms with E-state index in [0.29, 0.717) is 79.6 Å². The molecule has 0 atom stereocenters. The number of halogens is 16. The Morgan fingerprint density at radius 2 is 0.835 bits per heavy atom. The molecule has 2 heterocycles. The molecular formula is C71H72Cl16N4O12. The molecular weight excluding hydrogens is 1670 g/mol. The standard InChI is InChI=1S/C16H16Cl3NO3.C14H12Cl3NO3.C11H7Cl3O2.C8H3Cl3.C7H3Cl3O.C5H10ClNO.C5H11NO.C5H10O/c1-5-22-15(21)12-13(23-20-14(12)16(2,3)4)11-9(18)6-8(17)7-10(11)19;1-14(2,3)12-10(13(19)20)11(21-18-12)9-7(16)4-6(15)5-8(9)17;1-2-16-11(15)4-3-8-9(13)5-7(12)6-10(8)14;1-2-6-7(10)3-5(9)4-8(6)11;8-4-1-6(9)5(3-11)7(10)2-4;1-5(2,3)4(6)7-8;1-5(2,3)4-6-7;1-5(2,3)4-6/h6-7H,5H2,1-4H3;4-5H,1-3H3,(H,19,20);5-6H,2H2,1H3;1,3-4H;1-3H;8H,1-3H3;4,7H,1-3H3;4H,1-3H3/b;;;;;7-4-;6-4+;. The summed E-state index contributed by atoms with van der Waals surface area (Å²) in [7, 11) is 0. The number of esters is 2. The van der Waals surface area contributed by atoms with Gasteiger partial charge in [0.25, 0.3) is 0 Å². The minimum absolute atomic E-state index is 0.00868. The lowest BCUT2D eigenvalue weighted by atomic mass is 9.88. The maximum absolute atomic E-state index is 12.4. The number of aromatic carboxylic acids is 1. The van der Waals surface area contributed by atoms with E-state index in [4.69, 9.17) is 216 Å². The summed E-state index contributed by atoms with van der Waals surface area (Å²) in [6.45, 7) is 32.3. The highest BCUT2D eigenvalue weighted by Crippen LogP contribution is 2.44. The van der Waals surface area contributed by atoms with E-state index in [-0.39, 0.29) is 98.5 Å². The van der Waals surface area contributed by atoms with Gasteiger partial charge in [-0.15, -0.1) is 11.6 Å². The zero-order valence-electron chi connectivity index (χ0n) is 58.3. The minimum atomic E-state index is -1.15. The topological polar surface area (TPSA) is 241 Å². The SMILES string of the molecule is C#Cc1c(Cl)cc(Cl)cc1Cl.CC(C)(C)/C(Cl)=N/O.CC(C)(C)/C=N/O.CC(C)(C)C=O.CC(C)(C)c1noc(-c2c(Cl)cc(Cl)cc2Cl)c1C(=O)O.CCOC(=O)C#Cc1c(Cl)cc(Cl)cc1Cl.CCOC(=O)c1c(C(C)(C)C)noc1-c1c(Cl)cc(Cl)cc1Cl.O=Cc1c(Cl)cc(Cl)cc1Cl. The van der Waals surface area contributed by atoms with Crippen LogP contribution in [0.4, 0.5) is 0 Å². The van der Waals surface area contributed by atoms with Crippen LogP contribution in [0, 0.1) is 40.4 Å². The summed E-state index contributed by atoms with van der Waals surface area (Å²) in [5.74, 6) is 5.09. The largest absolute Gasteiger partial charge is 0.477 e. The second kappa shape index (κ2) is 44.9. The Balaban J connectivity index is 0.00000120. The lowest BCUT2D eigenvalue weighted by Gasteiger charge is -2.16. The van der Waals surface area contributed by atoms with Gasteiger partial charge in [0.1, 0.15) is 28.8 Å². The summed E-state index contributed by atoms with van der Waals surface area (Å²) in [5.41, 5.74) is 1.46. The van der Waals surface area contributed by atoms with Crippen molar-refractivity contribution in [2.24, 2.45) is 26.6 Å². The molecule has 0 radical (unpaired) electrons. The molecule has 0 bridgehead atoms. The van der Waals surface area contributed by atoms with Gasteiger partial charge in [0.05, 0.1) is 91.3 Å². The molecule has 0 saturated heterocycles. The van der Waals surface area contributed by atoms with Crippen LogP contribution in [0.2, 0.25) is 75.3 Å². The Labute approximate surface area is 679 Å². The maximum Gasteiger partial charge on any atom is 0.384 e. The predicted molar refractivity (Wildman–Crippen MR) is 425 cm³/mol. The van der Waals surface area contributed by atoms with Gasteiger partial charge in [0.2, 0.25) is 0 Å². The van der Waals surface area contributed by atoms with E-state index >= 15 is 0 Å². The van der Waals surface area contributed by atoms with Crippen molar-refractivity contribution in [3.8, 4) is 46.8 Å². The number of nitrogens with zero attached hydrogens (tertiary/aromatic N) is 4. The number of carboxylic acid groups (broad SMARTS) is 1. The van der Waals surface area contributed by atoms with Gasteiger partial charge in [-0.25, -0.2) is 14.4 Å². The Hall–Kier alpha value is -5.03. The monoisotopic (exact) mass is 1730 g/mol. The van der Waals surface area contributed by atoms with Crippen molar-refractivity contribution >= 4 is 227 Å². The third-order valence-corrected chi connectivity index (χ3v) is 16.1. The first kappa shape index (κ1) is 98.0. The first-order valence-electron chi connectivity index (χ1n) is 29.5. The Morgan fingerprint density at radius 1 is 0.515 bits per heavy atom. The number of ether oxygens (including phenoxy) is 2. The number of carboxylic acids is 1. The Morgan fingerprint density at radius 3 is 1.09 bits per heavy atom. The first-order valence-corrected chi connectivity index (χ1v) is 35.6. The van der Waals surface area contributed by atoms with Crippen LogP contribution < -0.4 is 0 Å². The Kier molecular flexibility index (Phi) is 42.7. The first-order chi connectivity index (χ1) is 47.2. The van der Waals surface area contributed by atoms with Crippen LogP contribution >= 0.6 is 186 Å². The molecule has 0 unspecified atom stereocenters. The van der Waals surface area contributed by atoms with Crippen molar-refractivity contribution < 1.29 is 58.0 Å². The van der Waals surface area contributed by atoms with Crippen LogP contribution in [0.25, 0.3) is 22.6 Å². The van der Waals surface area contributed by atoms with E-state index in [1.807, 2.05) is 104 Å². The molecule has 0 aliphatic rings. The van der Waals surface area contributed by atoms with Gasteiger partial charge in [-0.1, -0.05) is 317 Å². The zero-order valence-corrected chi connectivity index (χ0v) is 70.4. The summed E-state index contributed by atoms with van der Waals surface area (Å²) < 4.78 is 20.4. The quantitative estimate of drug-likeness (QED) is 0.0336. The van der Waals surface area contributed by atoms with Gasteiger partial charge >= 0.3 is 17.9 Å². The summed E-state index contributed by atoms with van der Waals surface area (Å²) >= 11 is 93.4. The van der Waals surface area contributed by atoms with Crippen molar-refractivity contribution in [2.45, 2.75) is 129 Å². The summed E-state index contributed by atoms with van der Waals surface area (Å²) in [4.78, 5) is 55.2. The third kappa shape index (κ3) is 34.6. The van der Waals surface area contributed by atoms with Crippen LogP contribution in [0.1, 0.15) is 171 Å². The van der Waals surface area contributed by atoms with Gasteiger partial charge in [-0.05, 0) is 74.5 Å². The molecule has 32 heteroatoms. The number of aromatic nitrogens is 2. The molecule has 0 aliphatic heterocycles. The number of terminal acetylenes is 1. The second-order valence-electron chi connectivity index (χ2n) is 25.7. The van der Waals surface area contributed by atoms with Crippen molar-refractivity contribution in [3.05, 3.63) is 175 Å². The molecule has 3 N–H and O–H groups in total. The van der Waals surface area contributed by atoms with Crippen LogP contribution in [-0.2, 0) is 29.9 Å². The van der Waals surface area contributed by atoms with Crippen LogP contribution in [0.5, 0.6) is 0 Å². The fourth-order valence-electron chi connectivity index (χ4n) is 6.67. The molecule has 7 rings (SSSR count). The molecule has 0 saturated carbocycles. The fourth-order valence-corrected chi connectivity index (χ4v) is 11.4. The molecule has 16 nitrogen and oxygen atoms in total. The van der Waals surface area contributed by atoms with Crippen molar-refractivity contribution in [1.82, 2.24) is 10.3 Å². The van der Waals surface area contributed by atoms with E-state index in [2.05, 4.69) is 43.1 Å². The number of oxime groups is 2. The molecule has 2 aromatic heterocycles. The second-order valence-corrected chi connectivity index (χ2v) is 32.3. The number of aldehydes is 2. The van der Waals surface area contributed by atoms with E-state index in [1.165, 1.54) is 54.7 Å². The summed E-state index contributed by atoms with van der Waals surface area (Å²) in [6.07, 6.45) is 8.17. The maximum atomic E-state index is 12.4. The number of hydrogen-bond acceptors (Lipinski definition) is 15. The molecule has 103 heavy (non-hydrogen) atoms. The van der Waals surface area contributed by atoms with Crippen molar-refractivity contribution in [1.29, 1.82) is 0 Å². The third-order valence-electron chi connectivity index (χ3n) is 11.4. The van der Waals surface area contributed by atoms with Gasteiger partial charge < -0.3 is 38.8 Å². The van der Waals surface area contributed by atoms with E-state index < -0.39 is 28.7 Å². The lowest BCUT2D eigenvalue weighted by molar-refractivity contribution is -0.136. The van der Waals surface area contributed by atoms with Gasteiger partial charge in [-0.2, -0.15) is 0 Å². The molecule has 0 amide bonds. The number of carbonyl (C=O) groups excluding carboxylic acids is 4. The minimum Gasteiger partial charge on any atom is -0.477 e. The fraction of sp³-hybridized carbons (Fsp3) is 0.338. The predicted octanol–water partition coefficient (Wildman–Crippen LogP) is 26.5. The highest BCUT2D eigenvalue weighted by atomic mass is 35.5. The molecule has 5 aromatic carbocycles.